The highest BCUT2D eigenvalue weighted by molar-refractivity contribution is 7.92. The lowest BCUT2D eigenvalue weighted by atomic mass is 10.2. The first-order valence-electron chi connectivity index (χ1n) is 6.32. The standard InChI is InChI=1S/C14H20O4S/c1-4-5-8-18-14(15)10-19(16,17)13-7-6-11(2)9-12(13)3/h6-7,9H,4-5,8,10H2,1-3H3. The number of aryl methyl sites for hydroxylation is 2. The van der Waals surface area contributed by atoms with Crippen molar-refractivity contribution in [2.24, 2.45) is 0 Å². The lowest BCUT2D eigenvalue weighted by Crippen LogP contribution is -2.20. The number of benzene rings is 1. The summed E-state index contributed by atoms with van der Waals surface area (Å²) in [6.45, 7) is 5.86. The maximum absolute atomic E-state index is 12.1. The summed E-state index contributed by atoms with van der Waals surface area (Å²) in [5.41, 5.74) is 1.64. The Morgan fingerprint density at radius 3 is 2.53 bits per heavy atom. The fraction of sp³-hybridized carbons (Fsp3) is 0.500. The van der Waals surface area contributed by atoms with Crippen molar-refractivity contribution < 1.29 is 17.9 Å². The average Bonchev–Trinajstić information content (AvgIpc) is 2.27. The van der Waals surface area contributed by atoms with Crippen LogP contribution in [-0.2, 0) is 19.4 Å². The van der Waals surface area contributed by atoms with Crippen molar-refractivity contribution in [2.45, 2.75) is 38.5 Å². The molecule has 1 rings (SSSR count). The van der Waals surface area contributed by atoms with E-state index in [1.165, 1.54) is 0 Å². The van der Waals surface area contributed by atoms with E-state index in [-0.39, 0.29) is 11.5 Å². The summed E-state index contributed by atoms with van der Waals surface area (Å²) in [7, 11) is -3.62. The molecule has 0 aromatic heterocycles. The average molecular weight is 284 g/mol. The molecule has 0 fully saturated rings. The monoisotopic (exact) mass is 284 g/mol. The first-order chi connectivity index (χ1) is 8.86. The van der Waals surface area contributed by atoms with Gasteiger partial charge in [0.25, 0.3) is 0 Å². The van der Waals surface area contributed by atoms with E-state index < -0.39 is 21.6 Å². The minimum atomic E-state index is -3.62. The van der Waals surface area contributed by atoms with Crippen LogP contribution in [0.5, 0.6) is 0 Å². The minimum absolute atomic E-state index is 0.200. The highest BCUT2D eigenvalue weighted by atomic mass is 32.2. The molecule has 0 bridgehead atoms. The Labute approximate surface area is 114 Å². The van der Waals surface area contributed by atoms with E-state index in [1.807, 2.05) is 13.8 Å². The van der Waals surface area contributed by atoms with Gasteiger partial charge in [-0.1, -0.05) is 31.0 Å². The first kappa shape index (κ1) is 15.7. The number of unbranched alkanes of at least 4 members (excludes halogenated alkanes) is 1. The summed E-state index contributed by atoms with van der Waals surface area (Å²) >= 11 is 0. The van der Waals surface area contributed by atoms with Crippen LogP contribution in [0.1, 0.15) is 30.9 Å². The zero-order valence-corrected chi connectivity index (χ0v) is 12.4. The van der Waals surface area contributed by atoms with Gasteiger partial charge in [-0.2, -0.15) is 0 Å². The fourth-order valence-corrected chi connectivity index (χ4v) is 3.13. The SMILES string of the molecule is CCCCOC(=O)CS(=O)(=O)c1ccc(C)cc1C. The number of ether oxygens (including phenoxy) is 1. The molecule has 0 atom stereocenters. The van der Waals surface area contributed by atoms with Crippen LogP contribution in [0.25, 0.3) is 0 Å². The quantitative estimate of drug-likeness (QED) is 0.594. The van der Waals surface area contributed by atoms with Gasteiger partial charge in [-0.05, 0) is 31.9 Å². The molecule has 1 aromatic carbocycles. The lowest BCUT2D eigenvalue weighted by Gasteiger charge is -2.08. The molecule has 0 heterocycles. The highest BCUT2D eigenvalue weighted by Gasteiger charge is 2.22. The van der Waals surface area contributed by atoms with Crippen LogP contribution in [0.2, 0.25) is 0 Å². The van der Waals surface area contributed by atoms with Crippen LogP contribution < -0.4 is 0 Å². The predicted molar refractivity (Wildman–Crippen MR) is 73.8 cm³/mol. The molecule has 106 valence electrons. The van der Waals surface area contributed by atoms with E-state index in [9.17, 15) is 13.2 Å². The Morgan fingerprint density at radius 2 is 1.95 bits per heavy atom. The smallest absolute Gasteiger partial charge is 0.321 e. The lowest BCUT2D eigenvalue weighted by molar-refractivity contribution is -0.140. The van der Waals surface area contributed by atoms with Crippen molar-refractivity contribution in [1.82, 2.24) is 0 Å². The second-order valence-corrected chi connectivity index (χ2v) is 6.56. The second kappa shape index (κ2) is 6.70. The van der Waals surface area contributed by atoms with E-state index >= 15 is 0 Å². The zero-order valence-electron chi connectivity index (χ0n) is 11.6. The van der Waals surface area contributed by atoms with Crippen LogP contribution >= 0.6 is 0 Å². The largest absolute Gasteiger partial charge is 0.465 e. The van der Waals surface area contributed by atoms with Crippen molar-refractivity contribution >= 4 is 15.8 Å². The first-order valence-corrected chi connectivity index (χ1v) is 7.97. The maximum Gasteiger partial charge on any atom is 0.321 e. The number of carbonyl (C=O) groups excluding carboxylic acids is 1. The van der Waals surface area contributed by atoms with Crippen molar-refractivity contribution in [3.63, 3.8) is 0 Å². The van der Waals surface area contributed by atoms with E-state index in [0.717, 1.165) is 18.4 Å². The van der Waals surface area contributed by atoms with Gasteiger partial charge in [-0.25, -0.2) is 8.42 Å². The van der Waals surface area contributed by atoms with E-state index in [2.05, 4.69) is 0 Å². The van der Waals surface area contributed by atoms with Gasteiger partial charge in [-0.15, -0.1) is 0 Å². The van der Waals surface area contributed by atoms with Gasteiger partial charge in [0, 0.05) is 0 Å². The Kier molecular flexibility index (Phi) is 5.54. The molecule has 5 heteroatoms. The Hall–Kier alpha value is -1.36. The Bertz CT molecular complexity index is 547. The zero-order chi connectivity index (χ0) is 14.5. The van der Waals surface area contributed by atoms with Crippen LogP contribution in [-0.4, -0.2) is 26.7 Å². The van der Waals surface area contributed by atoms with Crippen LogP contribution in [0.4, 0.5) is 0 Å². The molecular formula is C14H20O4S. The molecule has 0 spiro atoms. The maximum atomic E-state index is 12.1. The van der Waals surface area contributed by atoms with Gasteiger partial charge in [0.15, 0.2) is 15.6 Å². The molecule has 0 saturated carbocycles. The molecule has 1 aromatic rings. The summed E-state index contributed by atoms with van der Waals surface area (Å²) in [5, 5.41) is 0. The molecule has 0 saturated heterocycles. The molecule has 0 radical (unpaired) electrons. The fourth-order valence-electron chi connectivity index (χ4n) is 1.75. The van der Waals surface area contributed by atoms with Gasteiger partial charge in [-0.3, -0.25) is 4.79 Å². The van der Waals surface area contributed by atoms with E-state index in [0.29, 0.717) is 5.56 Å². The van der Waals surface area contributed by atoms with E-state index in [1.54, 1.807) is 25.1 Å². The summed E-state index contributed by atoms with van der Waals surface area (Å²) in [5.74, 6) is -1.28. The summed E-state index contributed by atoms with van der Waals surface area (Å²) < 4.78 is 29.1. The number of hydrogen-bond donors (Lipinski definition) is 0. The molecule has 0 aliphatic heterocycles. The number of carbonyl (C=O) groups is 1. The highest BCUT2D eigenvalue weighted by Crippen LogP contribution is 2.18. The molecule has 0 N–H and O–H groups in total. The predicted octanol–water partition coefficient (Wildman–Crippen LogP) is 2.42. The molecule has 4 nitrogen and oxygen atoms in total. The van der Waals surface area contributed by atoms with Gasteiger partial charge >= 0.3 is 5.97 Å². The number of esters is 1. The van der Waals surface area contributed by atoms with E-state index in [4.69, 9.17) is 4.74 Å². The Balaban J connectivity index is 2.78. The Morgan fingerprint density at radius 1 is 1.26 bits per heavy atom. The van der Waals surface area contributed by atoms with Gasteiger partial charge in [0.2, 0.25) is 0 Å². The molecule has 0 aliphatic rings. The molecular weight excluding hydrogens is 264 g/mol. The molecule has 0 amide bonds. The number of rotatable bonds is 6. The minimum Gasteiger partial charge on any atom is -0.465 e. The summed E-state index contributed by atoms with van der Waals surface area (Å²) in [6.07, 6.45) is 1.65. The third kappa shape index (κ3) is 4.67. The van der Waals surface area contributed by atoms with Gasteiger partial charge in [0.05, 0.1) is 11.5 Å². The third-order valence-corrected chi connectivity index (χ3v) is 4.48. The summed E-state index contributed by atoms with van der Waals surface area (Å²) in [4.78, 5) is 11.7. The third-order valence-electron chi connectivity index (χ3n) is 2.73. The van der Waals surface area contributed by atoms with Crippen molar-refractivity contribution in [3.05, 3.63) is 29.3 Å². The van der Waals surface area contributed by atoms with Crippen LogP contribution in [0.3, 0.4) is 0 Å². The number of hydrogen-bond acceptors (Lipinski definition) is 4. The van der Waals surface area contributed by atoms with Gasteiger partial charge in [0.1, 0.15) is 0 Å². The van der Waals surface area contributed by atoms with Crippen molar-refractivity contribution in [2.75, 3.05) is 12.4 Å². The second-order valence-electron chi connectivity index (χ2n) is 4.60. The van der Waals surface area contributed by atoms with Crippen LogP contribution in [0, 0.1) is 13.8 Å². The summed E-state index contributed by atoms with van der Waals surface area (Å²) in [6, 6.07) is 5.05. The topological polar surface area (TPSA) is 60.4 Å². The van der Waals surface area contributed by atoms with Gasteiger partial charge < -0.3 is 4.74 Å². The van der Waals surface area contributed by atoms with Crippen molar-refractivity contribution in [3.8, 4) is 0 Å². The number of sulfone groups is 1. The normalized spacial score (nSPS) is 11.3. The molecule has 0 unspecified atom stereocenters. The van der Waals surface area contributed by atoms with Crippen molar-refractivity contribution in [1.29, 1.82) is 0 Å². The molecule has 0 aliphatic carbocycles. The molecule has 19 heavy (non-hydrogen) atoms. The van der Waals surface area contributed by atoms with Crippen LogP contribution in [0.15, 0.2) is 23.1 Å².